The molecule has 40 heavy (non-hydrogen) atoms. The Kier molecular flexibility index (Phi) is 8.55. The zero-order valence-corrected chi connectivity index (χ0v) is 24.6. The van der Waals surface area contributed by atoms with Gasteiger partial charge in [0.15, 0.2) is 24.8 Å². The number of H-pyrrole nitrogens is 2. The Labute approximate surface area is 245 Å². The molecule has 0 fully saturated rings. The van der Waals surface area contributed by atoms with Crippen LogP contribution < -0.4 is 9.13 Å². The summed E-state index contributed by atoms with van der Waals surface area (Å²) in [5.74, 6) is 0. The van der Waals surface area contributed by atoms with Crippen LogP contribution in [0.5, 0.6) is 0 Å². The van der Waals surface area contributed by atoms with Gasteiger partial charge in [-0.15, -0.1) is 0 Å². The van der Waals surface area contributed by atoms with Crippen molar-refractivity contribution in [3.05, 3.63) is 83.4 Å². The van der Waals surface area contributed by atoms with Gasteiger partial charge in [0.05, 0.1) is 0 Å². The summed E-state index contributed by atoms with van der Waals surface area (Å²) in [6, 6.07) is 16.5. The number of benzene rings is 2. The van der Waals surface area contributed by atoms with Crippen molar-refractivity contribution in [3.8, 4) is 0 Å². The Balaban J connectivity index is 0.829. The van der Waals surface area contributed by atoms with Crippen LogP contribution in [0.4, 0.5) is 0 Å². The van der Waals surface area contributed by atoms with Crippen molar-refractivity contribution < 1.29 is 9.13 Å². The number of hydrogen-bond donors (Lipinski definition) is 2. The van der Waals surface area contributed by atoms with Gasteiger partial charge in [-0.1, -0.05) is 61.7 Å². The standard InChI is InChI=1S/C34H36Cl2N4/c35-25-11-13-31-29(21-25)27-15-19-39(23-33(27)37-31)17-9-7-5-3-1-2-4-6-8-10-18-40-20-16-28-30-22-26(36)12-14-32(30)38-34(28)24-40/h11-16,19-24H,1-10,17-18H2/p+2. The third-order valence-electron chi connectivity index (χ3n) is 8.20. The number of unbranched alkanes of at least 4 members (excludes halogenated alkanes) is 9. The van der Waals surface area contributed by atoms with Gasteiger partial charge in [0.1, 0.15) is 24.1 Å². The van der Waals surface area contributed by atoms with Gasteiger partial charge in [-0.3, -0.25) is 0 Å². The van der Waals surface area contributed by atoms with Gasteiger partial charge in [-0.25, -0.2) is 9.13 Å². The lowest BCUT2D eigenvalue weighted by Gasteiger charge is -2.02. The minimum absolute atomic E-state index is 0.784. The fourth-order valence-electron chi connectivity index (χ4n) is 6.01. The number of fused-ring (bicyclic) bond motifs is 6. The van der Waals surface area contributed by atoms with E-state index in [0.717, 1.165) is 34.2 Å². The fraction of sp³-hybridized carbons (Fsp3) is 0.353. The van der Waals surface area contributed by atoms with Crippen LogP contribution in [-0.4, -0.2) is 9.97 Å². The highest BCUT2D eigenvalue weighted by Gasteiger charge is 2.11. The second-order valence-electron chi connectivity index (χ2n) is 11.2. The van der Waals surface area contributed by atoms with E-state index in [9.17, 15) is 0 Å². The number of rotatable bonds is 13. The molecule has 0 atom stereocenters. The summed E-state index contributed by atoms with van der Waals surface area (Å²) in [7, 11) is 0. The molecule has 6 aromatic rings. The van der Waals surface area contributed by atoms with E-state index < -0.39 is 0 Å². The molecule has 2 aromatic carbocycles. The van der Waals surface area contributed by atoms with E-state index in [4.69, 9.17) is 23.2 Å². The molecule has 4 aromatic heterocycles. The first-order valence-corrected chi connectivity index (χ1v) is 15.6. The highest BCUT2D eigenvalue weighted by molar-refractivity contribution is 6.32. The molecule has 6 rings (SSSR count). The number of aromatic nitrogens is 4. The summed E-state index contributed by atoms with van der Waals surface area (Å²) < 4.78 is 4.62. The molecule has 0 unspecified atom stereocenters. The Morgan fingerprint density at radius 2 is 0.850 bits per heavy atom. The van der Waals surface area contributed by atoms with Crippen molar-refractivity contribution in [1.29, 1.82) is 0 Å². The minimum Gasteiger partial charge on any atom is -0.350 e. The molecule has 4 nitrogen and oxygen atoms in total. The summed E-state index contributed by atoms with van der Waals surface area (Å²) in [5, 5.41) is 6.45. The van der Waals surface area contributed by atoms with E-state index >= 15 is 0 Å². The summed E-state index contributed by atoms with van der Waals surface area (Å²) in [6.07, 6.45) is 22.1. The molecule has 4 heterocycles. The number of aryl methyl sites for hydroxylation is 2. The van der Waals surface area contributed by atoms with Crippen LogP contribution in [0.3, 0.4) is 0 Å². The molecule has 0 bridgehead atoms. The zero-order chi connectivity index (χ0) is 27.3. The topological polar surface area (TPSA) is 39.3 Å². The Bertz CT molecular complexity index is 1620. The van der Waals surface area contributed by atoms with Gasteiger partial charge in [-0.2, -0.15) is 0 Å². The van der Waals surface area contributed by atoms with Crippen LogP contribution >= 0.6 is 23.2 Å². The van der Waals surface area contributed by atoms with Gasteiger partial charge in [0.2, 0.25) is 0 Å². The quantitative estimate of drug-likeness (QED) is 0.102. The number of nitrogens with one attached hydrogen (secondary N) is 2. The monoisotopic (exact) mass is 572 g/mol. The number of nitrogens with zero attached hydrogens (tertiary/aromatic N) is 2. The second kappa shape index (κ2) is 12.6. The molecule has 0 saturated heterocycles. The lowest BCUT2D eigenvalue weighted by Crippen LogP contribution is -2.32. The molecule has 0 aliphatic carbocycles. The fourth-order valence-corrected chi connectivity index (χ4v) is 6.36. The molecule has 206 valence electrons. The molecule has 0 radical (unpaired) electrons. The largest absolute Gasteiger partial charge is 0.350 e. The van der Waals surface area contributed by atoms with Crippen LogP contribution in [0.1, 0.15) is 64.2 Å². The summed E-state index contributed by atoms with van der Waals surface area (Å²) >= 11 is 12.4. The molecule has 0 spiro atoms. The number of aromatic amines is 2. The van der Waals surface area contributed by atoms with Crippen molar-refractivity contribution in [2.24, 2.45) is 0 Å². The van der Waals surface area contributed by atoms with Crippen molar-refractivity contribution in [3.63, 3.8) is 0 Å². The maximum Gasteiger partial charge on any atom is 0.193 e. The van der Waals surface area contributed by atoms with E-state index in [2.05, 4.69) is 68.2 Å². The Morgan fingerprint density at radius 3 is 1.27 bits per heavy atom. The van der Waals surface area contributed by atoms with Gasteiger partial charge in [0.25, 0.3) is 0 Å². The molecule has 2 N–H and O–H groups in total. The van der Waals surface area contributed by atoms with Crippen LogP contribution in [0.25, 0.3) is 43.6 Å². The minimum atomic E-state index is 0.784. The average molecular weight is 574 g/mol. The van der Waals surface area contributed by atoms with Gasteiger partial charge < -0.3 is 9.97 Å². The first-order valence-electron chi connectivity index (χ1n) is 14.8. The number of pyridine rings is 2. The Morgan fingerprint density at radius 1 is 0.450 bits per heavy atom. The third kappa shape index (κ3) is 6.29. The predicted molar refractivity (Wildman–Crippen MR) is 168 cm³/mol. The third-order valence-corrected chi connectivity index (χ3v) is 8.67. The molecule has 0 amide bonds. The van der Waals surface area contributed by atoms with Crippen molar-refractivity contribution in [2.45, 2.75) is 77.3 Å². The normalized spacial score (nSPS) is 11.9. The highest BCUT2D eigenvalue weighted by atomic mass is 35.5. The average Bonchev–Trinajstić information content (AvgIpc) is 3.50. The van der Waals surface area contributed by atoms with E-state index in [1.54, 1.807) is 0 Å². The van der Waals surface area contributed by atoms with Gasteiger partial charge in [-0.05, 0) is 49.2 Å². The molecule has 0 aliphatic rings. The molecular formula is C34H38Cl2N4+2. The van der Waals surface area contributed by atoms with Crippen LogP contribution in [-0.2, 0) is 13.1 Å². The van der Waals surface area contributed by atoms with Gasteiger partial charge >= 0.3 is 0 Å². The van der Waals surface area contributed by atoms with Crippen LogP contribution in [0.2, 0.25) is 10.0 Å². The van der Waals surface area contributed by atoms with E-state index in [1.807, 2.05) is 24.3 Å². The SMILES string of the molecule is Clc1ccc2[nH]c3c[n+](CCCCCCCCCCCC[n+]4ccc5c(c4)[nH]c4ccc(Cl)cc45)ccc3c2c1. The number of halogens is 2. The van der Waals surface area contributed by atoms with E-state index in [1.165, 1.54) is 96.8 Å². The first-order chi connectivity index (χ1) is 19.6. The van der Waals surface area contributed by atoms with Crippen molar-refractivity contribution in [1.82, 2.24) is 9.97 Å². The number of hydrogen-bond acceptors (Lipinski definition) is 0. The summed E-state index contributed by atoms with van der Waals surface area (Å²) in [4.78, 5) is 7.05. The van der Waals surface area contributed by atoms with Crippen LogP contribution in [0.15, 0.2) is 73.3 Å². The Hall–Kier alpha value is -3.08. The maximum absolute atomic E-state index is 6.19. The lowest BCUT2D eigenvalue weighted by atomic mass is 10.1. The highest BCUT2D eigenvalue weighted by Crippen LogP contribution is 2.28. The second-order valence-corrected chi connectivity index (χ2v) is 12.1. The van der Waals surface area contributed by atoms with E-state index in [-0.39, 0.29) is 0 Å². The maximum atomic E-state index is 6.19. The smallest absolute Gasteiger partial charge is 0.193 e. The van der Waals surface area contributed by atoms with Crippen molar-refractivity contribution >= 4 is 66.8 Å². The van der Waals surface area contributed by atoms with Crippen molar-refractivity contribution in [2.75, 3.05) is 0 Å². The zero-order valence-electron chi connectivity index (χ0n) is 23.1. The molecule has 0 aliphatic heterocycles. The lowest BCUT2D eigenvalue weighted by molar-refractivity contribution is -0.696. The summed E-state index contributed by atoms with van der Waals surface area (Å²) in [6.45, 7) is 2.15. The first kappa shape index (κ1) is 27.1. The predicted octanol–water partition coefficient (Wildman–Crippen LogP) is 9.44. The molecule has 0 saturated carbocycles. The summed E-state index contributed by atoms with van der Waals surface area (Å²) in [5.41, 5.74) is 4.65. The van der Waals surface area contributed by atoms with E-state index in [0.29, 0.717) is 0 Å². The van der Waals surface area contributed by atoms with Crippen LogP contribution in [0, 0.1) is 0 Å². The molecular weight excluding hydrogens is 535 g/mol. The van der Waals surface area contributed by atoms with Gasteiger partial charge in [0, 0.05) is 67.6 Å². The molecule has 6 heteroatoms.